The molecule has 0 atom stereocenters. The summed E-state index contributed by atoms with van der Waals surface area (Å²) < 4.78 is 0. The van der Waals surface area contributed by atoms with Crippen LogP contribution in [0.5, 0.6) is 0 Å². The molecule has 1 aliphatic heterocycles. The number of anilines is 1. The first-order valence-corrected chi connectivity index (χ1v) is 6.30. The number of aliphatic imine (C=N–C) groups is 1. The number of hydrogen-bond donors (Lipinski definition) is 1. The number of nitrogens with one attached hydrogen (secondary N) is 1. The highest BCUT2D eigenvalue weighted by Crippen LogP contribution is 2.24. The smallest absolute Gasteiger partial charge is 0.0529 e. The zero-order valence-corrected chi connectivity index (χ0v) is 9.63. The third-order valence-electron chi connectivity index (χ3n) is 3.55. The maximum absolute atomic E-state index is 4.48. The van der Waals surface area contributed by atoms with Gasteiger partial charge in [-0.15, -0.1) is 0 Å². The van der Waals surface area contributed by atoms with Crippen molar-refractivity contribution in [1.82, 2.24) is 0 Å². The van der Waals surface area contributed by atoms with Crippen molar-refractivity contribution in [3.8, 4) is 0 Å². The molecule has 0 fully saturated rings. The Kier molecular flexibility index (Phi) is 2.65. The minimum atomic E-state index is 0.929. The number of benzene rings is 1. The van der Waals surface area contributed by atoms with Crippen LogP contribution in [0.3, 0.4) is 0 Å². The number of fused-ring (bicyclic) bond motifs is 1. The van der Waals surface area contributed by atoms with Crippen LogP contribution < -0.4 is 5.32 Å². The van der Waals surface area contributed by atoms with Gasteiger partial charge in [0.2, 0.25) is 0 Å². The maximum atomic E-state index is 4.48. The molecule has 0 spiro atoms. The van der Waals surface area contributed by atoms with E-state index in [1.807, 2.05) is 0 Å². The first kappa shape index (κ1) is 9.88. The van der Waals surface area contributed by atoms with Gasteiger partial charge in [0.1, 0.15) is 0 Å². The molecule has 16 heavy (non-hydrogen) atoms. The van der Waals surface area contributed by atoms with E-state index in [9.17, 15) is 0 Å². The molecular formula is C14H18N2. The van der Waals surface area contributed by atoms with Crippen LogP contribution >= 0.6 is 0 Å². The lowest BCUT2D eigenvalue weighted by Gasteiger charge is -2.08. The second kappa shape index (κ2) is 4.28. The van der Waals surface area contributed by atoms with Gasteiger partial charge in [-0.05, 0) is 55.4 Å². The number of hydrogen-bond acceptors (Lipinski definition) is 2. The Hall–Kier alpha value is -1.31. The molecule has 1 N–H and O–H groups in total. The summed E-state index contributed by atoms with van der Waals surface area (Å²) in [6.45, 7) is 1.96. The number of nitrogens with zero attached hydrogens (tertiary/aromatic N) is 1. The van der Waals surface area contributed by atoms with E-state index >= 15 is 0 Å². The Morgan fingerprint density at radius 1 is 1.06 bits per heavy atom. The van der Waals surface area contributed by atoms with Gasteiger partial charge in [-0.25, -0.2) is 0 Å². The Labute approximate surface area is 96.8 Å². The van der Waals surface area contributed by atoms with E-state index < -0.39 is 0 Å². The van der Waals surface area contributed by atoms with E-state index in [0.717, 1.165) is 13.1 Å². The fraction of sp³-hybridized carbons (Fsp3) is 0.500. The summed E-state index contributed by atoms with van der Waals surface area (Å²) in [5.74, 6) is 0. The summed E-state index contributed by atoms with van der Waals surface area (Å²) in [7, 11) is 0. The fourth-order valence-corrected chi connectivity index (χ4v) is 2.63. The molecule has 2 nitrogen and oxygen atoms in total. The van der Waals surface area contributed by atoms with E-state index in [1.54, 1.807) is 11.1 Å². The third kappa shape index (κ3) is 1.97. The lowest BCUT2D eigenvalue weighted by molar-refractivity contribution is 0.912. The quantitative estimate of drug-likeness (QED) is 0.822. The Bertz CT molecular complexity index is 421. The molecule has 0 saturated carbocycles. The highest BCUT2D eigenvalue weighted by Gasteiger charge is 2.11. The first-order chi connectivity index (χ1) is 7.92. The highest BCUT2D eigenvalue weighted by atomic mass is 14.9. The van der Waals surface area contributed by atoms with Gasteiger partial charge in [0.25, 0.3) is 0 Å². The Morgan fingerprint density at radius 3 is 2.88 bits per heavy atom. The van der Waals surface area contributed by atoms with E-state index in [1.165, 1.54) is 43.5 Å². The van der Waals surface area contributed by atoms with Crippen LogP contribution in [-0.2, 0) is 12.8 Å². The molecule has 0 radical (unpaired) electrons. The van der Waals surface area contributed by atoms with Crippen molar-refractivity contribution in [3.63, 3.8) is 0 Å². The van der Waals surface area contributed by atoms with Gasteiger partial charge >= 0.3 is 0 Å². The third-order valence-corrected chi connectivity index (χ3v) is 3.55. The summed E-state index contributed by atoms with van der Waals surface area (Å²) in [6, 6.07) is 6.80. The normalized spacial score (nSPS) is 18.4. The summed E-state index contributed by atoms with van der Waals surface area (Å²) in [6.07, 6.45) is 6.26. The van der Waals surface area contributed by atoms with Crippen molar-refractivity contribution in [2.45, 2.75) is 32.1 Å². The number of aryl methyl sites for hydroxylation is 2. The van der Waals surface area contributed by atoms with Gasteiger partial charge in [-0.3, -0.25) is 4.99 Å². The molecule has 84 valence electrons. The van der Waals surface area contributed by atoms with Crippen LogP contribution in [0.15, 0.2) is 23.2 Å². The zero-order chi connectivity index (χ0) is 10.8. The van der Waals surface area contributed by atoms with E-state index in [0.29, 0.717) is 0 Å². The van der Waals surface area contributed by atoms with Gasteiger partial charge in [0.15, 0.2) is 0 Å². The second-order valence-electron chi connectivity index (χ2n) is 4.74. The standard InChI is InChI=1S/C14H18N2/c1-3-11-6-7-13(9-12(11)4-1)16-10-14-5-2-8-15-14/h6-7,9,16H,1-5,8,10H2. The molecule has 2 aliphatic rings. The molecule has 1 aromatic rings. The van der Waals surface area contributed by atoms with Crippen LogP contribution in [0.4, 0.5) is 5.69 Å². The summed E-state index contributed by atoms with van der Waals surface area (Å²) in [5.41, 5.74) is 5.68. The molecule has 1 heterocycles. The topological polar surface area (TPSA) is 24.4 Å². The summed E-state index contributed by atoms with van der Waals surface area (Å²) in [4.78, 5) is 4.48. The fourth-order valence-electron chi connectivity index (χ4n) is 2.63. The van der Waals surface area contributed by atoms with Crippen molar-refractivity contribution in [2.24, 2.45) is 4.99 Å². The van der Waals surface area contributed by atoms with Crippen LogP contribution in [0.2, 0.25) is 0 Å². The van der Waals surface area contributed by atoms with E-state index in [-0.39, 0.29) is 0 Å². The van der Waals surface area contributed by atoms with E-state index in [2.05, 4.69) is 28.5 Å². The predicted octanol–water partition coefficient (Wildman–Crippen LogP) is 2.82. The maximum Gasteiger partial charge on any atom is 0.0529 e. The van der Waals surface area contributed by atoms with Crippen molar-refractivity contribution in [2.75, 3.05) is 18.4 Å². The zero-order valence-electron chi connectivity index (χ0n) is 9.63. The van der Waals surface area contributed by atoms with Crippen molar-refractivity contribution in [3.05, 3.63) is 29.3 Å². The van der Waals surface area contributed by atoms with Crippen LogP contribution in [0, 0.1) is 0 Å². The van der Waals surface area contributed by atoms with Gasteiger partial charge < -0.3 is 5.32 Å². The van der Waals surface area contributed by atoms with Gasteiger partial charge in [-0.1, -0.05) is 6.07 Å². The first-order valence-electron chi connectivity index (χ1n) is 6.30. The molecule has 0 amide bonds. The van der Waals surface area contributed by atoms with E-state index in [4.69, 9.17) is 0 Å². The second-order valence-corrected chi connectivity index (χ2v) is 4.74. The van der Waals surface area contributed by atoms with Crippen molar-refractivity contribution in [1.29, 1.82) is 0 Å². The molecule has 1 aromatic carbocycles. The van der Waals surface area contributed by atoms with Crippen LogP contribution in [-0.4, -0.2) is 18.8 Å². The van der Waals surface area contributed by atoms with Crippen LogP contribution in [0.25, 0.3) is 0 Å². The van der Waals surface area contributed by atoms with Crippen molar-refractivity contribution < 1.29 is 0 Å². The molecule has 1 aliphatic carbocycles. The number of rotatable bonds is 3. The van der Waals surface area contributed by atoms with Crippen molar-refractivity contribution >= 4 is 11.4 Å². The van der Waals surface area contributed by atoms with Crippen LogP contribution in [0.1, 0.15) is 30.4 Å². The molecule has 0 unspecified atom stereocenters. The molecule has 0 bridgehead atoms. The largest absolute Gasteiger partial charge is 0.380 e. The molecular weight excluding hydrogens is 196 g/mol. The average molecular weight is 214 g/mol. The Balaban J connectivity index is 1.66. The lowest BCUT2D eigenvalue weighted by atomic mass is 10.1. The Morgan fingerprint density at radius 2 is 2.00 bits per heavy atom. The summed E-state index contributed by atoms with van der Waals surface area (Å²) in [5, 5.41) is 3.49. The summed E-state index contributed by atoms with van der Waals surface area (Å²) >= 11 is 0. The molecule has 2 heteroatoms. The lowest BCUT2D eigenvalue weighted by Crippen LogP contribution is -2.11. The molecule has 3 rings (SSSR count). The predicted molar refractivity (Wildman–Crippen MR) is 68.5 cm³/mol. The molecule has 0 aromatic heterocycles. The highest BCUT2D eigenvalue weighted by molar-refractivity contribution is 5.89. The SMILES string of the molecule is c1cc2c(cc1NCC1=NCCC1)CCC2. The molecule has 0 saturated heterocycles. The average Bonchev–Trinajstić information content (AvgIpc) is 2.97. The minimum Gasteiger partial charge on any atom is -0.380 e. The van der Waals surface area contributed by atoms with Gasteiger partial charge in [0, 0.05) is 17.9 Å². The van der Waals surface area contributed by atoms with Gasteiger partial charge in [0.05, 0.1) is 6.54 Å². The minimum absolute atomic E-state index is 0.929. The van der Waals surface area contributed by atoms with Gasteiger partial charge in [-0.2, -0.15) is 0 Å². The monoisotopic (exact) mass is 214 g/mol.